The number of carbonyl (C=O) groups is 2. The van der Waals surface area contributed by atoms with Crippen LogP contribution in [0.4, 0.5) is 0 Å². The van der Waals surface area contributed by atoms with E-state index >= 15 is 0 Å². The Kier molecular flexibility index (Phi) is 4.43. The Balaban J connectivity index is 1.48. The molecule has 5 heterocycles. The van der Waals surface area contributed by atoms with Gasteiger partial charge in [-0.1, -0.05) is 18.2 Å². The van der Waals surface area contributed by atoms with Gasteiger partial charge in [-0.15, -0.1) is 0 Å². The summed E-state index contributed by atoms with van der Waals surface area (Å²) in [5, 5.41) is 4.38. The van der Waals surface area contributed by atoms with E-state index < -0.39 is 5.91 Å². The van der Waals surface area contributed by atoms with Gasteiger partial charge in [0.2, 0.25) is 0 Å². The lowest BCUT2D eigenvalue weighted by molar-refractivity contribution is -0.122. The van der Waals surface area contributed by atoms with Crippen LogP contribution in [0.2, 0.25) is 0 Å². The quantitative estimate of drug-likeness (QED) is 0.414. The number of imidazole rings is 1. The number of para-hydroxylation sites is 1. The summed E-state index contributed by atoms with van der Waals surface area (Å²) in [6.45, 7) is 1.62. The first kappa shape index (κ1) is 19.2. The molecule has 5 aromatic rings. The van der Waals surface area contributed by atoms with Gasteiger partial charge in [0.15, 0.2) is 0 Å². The van der Waals surface area contributed by atoms with Crippen LogP contribution in [0.25, 0.3) is 33.1 Å². The van der Waals surface area contributed by atoms with Gasteiger partial charge in [-0.25, -0.2) is 4.98 Å². The van der Waals surface area contributed by atoms with Crippen LogP contribution < -0.4 is 5.32 Å². The molecule has 4 aromatic heterocycles. The molecule has 1 aromatic carbocycles. The molecule has 0 atom stereocenters. The number of hydrogen-bond donors (Lipinski definition) is 1. The van der Waals surface area contributed by atoms with Crippen LogP contribution in [0.5, 0.6) is 0 Å². The molecule has 0 unspecified atom stereocenters. The Morgan fingerprint density at radius 2 is 1.79 bits per heavy atom. The van der Waals surface area contributed by atoms with Gasteiger partial charge in [-0.3, -0.25) is 19.9 Å². The van der Waals surface area contributed by atoms with Crippen molar-refractivity contribution in [3.8, 4) is 0 Å². The highest BCUT2D eigenvalue weighted by Crippen LogP contribution is 2.35. The summed E-state index contributed by atoms with van der Waals surface area (Å²) >= 11 is 0. The molecule has 8 heteroatoms. The predicted molar refractivity (Wildman–Crippen MR) is 125 cm³/mol. The van der Waals surface area contributed by atoms with E-state index in [1.165, 1.54) is 0 Å². The highest BCUT2D eigenvalue weighted by Gasteiger charge is 2.34. The minimum atomic E-state index is -0.409. The average Bonchev–Trinajstić information content (AvgIpc) is 3.60. The molecular weight excluding hydrogens is 416 g/mol. The minimum absolute atomic E-state index is 0.323. The van der Waals surface area contributed by atoms with Crippen LogP contribution in [0, 0.1) is 0 Å². The number of imide groups is 1. The number of rotatable bonds is 6. The Labute approximate surface area is 188 Å². The van der Waals surface area contributed by atoms with Crippen molar-refractivity contribution in [2.45, 2.75) is 19.5 Å². The standard InChI is InChI=1S/C25H20N6O2/c32-24-22(23(25(33)28-24)31-12-7-17-6-8-26-14-21(17)31)19-15-30(20-5-2-1-4-18(19)20)11-3-10-29-13-9-27-16-29/h1-2,4-9,12-16H,3,10-11H2,(H,28,32,33). The summed E-state index contributed by atoms with van der Waals surface area (Å²) in [6, 6.07) is 11.8. The van der Waals surface area contributed by atoms with Crippen LogP contribution in [-0.2, 0) is 22.7 Å². The van der Waals surface area contributed by atoms with Crippen LogP contribution >= 0.6 is 0 Å². The minimum Gasteiger partial charge on any atom is -0.347 e. The van der Waals surface area contributed by atoms with Crippen molar-refractivity contribution in [1.29, 1.82) is 0 Å². The average molecular weight is 436 g/mol. The van der Waals surface area contributed by atoms with E-state index in [4.69, 9.17) is 0 Å². The van der Waals surface area contributed by atoms with Crippen molar-refractivity contribution in [3.05, 3.63) is 85.5 Å². The van der Waals surface area contributed by atoms with Crippen molar-refractivity contribution in [3.63, 3.8) is 0 Å². The fourth-order valence-electron chi connectivity index (χ4n) is 4.57. The number of nitrogens with one attached hydrogen (secondary N) is 1. The summed E-state index contributed by atoms with van der Waals surface area (Å²) in [5.74, 6) is -0.796. The lowest BCUT2D eigenvalue weighted by Crippen LogP contribution is -2.23. The first-order valence-corrected chi connectivity index (χ1v) is 10.8. The van der Waals surface area contributed by atoms with Gasteiger partial charge >= 0.3 is 0 Å². The van der Waals surface area contributed by atoms with E-state index in [9.17, 15) is 9.59 Å². The molecular formula is C25H20N6O2. The molecule has 0 saturated heterocycles. The van der Waals surface area contributed by atoms with E-state index in [-0.39, 0.29) is 5.91 Å². The molecule has 1 N–H and O–H groups in total. The zero-order valence-electron chi connectivity index (χ0n) is 17.7. The van der Waals surface area contributed by atoms with Crippen molar-refractivity contribution in [1.82, 2.24) is 29.0 Å². The zero-order chi connectivity index (χ0) is 22.4. The number of benzene rings is 1. The van der Waals surface area contributed by atoms with Crippen molar-refractivity contribution < 1.29 is 9.59 Å². The first-order valence-electron chi connectivity index (χ1n) is 10.8. The number of fused-ring (bicyclic) bond motifs is 2. The largest absolute Gasteiger partial charge is 0.347 e. The second-order valence-electron chi connectivity index (χ2n) is 8.03. The van der Waals surface area contributed by atoms with Gasteiger partial charge < -0.3 is 13.7 Å². The number of amides is 2. The van der Waals surface area contributed by atoms with Crippen LogP contribution in [0.3, 0.4) is 0 Å². The third kappa shape index (κ3) is 3.15. The summed E-state index contributed by atoms with van der Waals surface area (Å²) in [5.41, 5.74) is 3.25. The zero-order valence-corrected chi connectivity index (χ0v) is 17.7. The molecule has 0 aliphatic carbocycles. The molecule has 8 nitrogen and oxygen atoms in total. The monoisotopic (exact) mass is 436 g/mol. The van der Waals surface area contributed by atoms with Gasteiger partial charge in [0.1, 0.15) is 5.70 Å². The normalized spacial score (nSPS) is 14.1. The number of aromatic nitrogens is 5. The topological polar surface area (TPSA) is 86.7 Å². The van der Waals surface area contributed by atoms with Crippen molar-refractivity contribution in [2.75, 3.05) is 0 Å². The Morgan fingerprint density at radius 1 is 0.879 bits per heavy atom. The Hall–Kier alpha value is -4.46. The molecule has 1 aliphatic heterocycles. The molecule has 0 spiro atoms. The van der Waals surface area contributed by atoms with Gasteiger partial charge in [-0.2, -0.15) is 0 Å². The molecule has 6 rings (SSSR count). The molecule has 1 aliphatic rings. The number of nitrogens with zero attached hydrogens (tertiary/aromatic N) is 5. The van der Waals surface area contributed by atoms with Gasteiger partial charge in [-0.05, 0) is 24.6 Å². The highest BCUT2D eigenvalue weighted by atomic mass is 16.2. The summed E-state index contributed by atoms with van der Waals surface area (Å²) < 4.78 is 5.95. The maximum atomic E-state index is 13.0. The van der Waals surface area contributed by atoms with E-state index in [1.807, 2.05) is 59.6 Å². The molecule has 0 radical (unpaired) electrons. The molecule has 0 bridgehead atoms. The lowest BCUT2D eigenvalue weighted by Gasteiger charge is -2.07. The molecule has 0 saturated carbocycles. The highest BCUT2D eigenvalue weighted by molar-refractivity contribution is 6.47. The first-order chi connectivity index (χ1) is 16.2. The fourth-order valence-corrected chi connectivity index (χ4v) is 4.57. The van der Waals surface area contributed by atoms with E-state index in [2.05, 4.69) is 19.9 Å². The molecule has 0 fully saturated rings. The maximum Gasteiger partial charge on any atom is 0.275 e. The predicted octanol–water partition coefficient (Wildman–Crippen LogP) is 3.30. The van der Waals surface area contributed by atoms with Crippen LogP contribution in [0.1, 0.15) is 12.0 Å². The number of aryl methyl sites for hydroxylation is 2. The van der Waals surface area contributed by atoms with E-state index in [0.29, 0.717) is 11.3 Å². The smallest absolute Gasteiger partial charge is 0.275 e. The number of carbonyl (C=O) groups excluding carboxylic acids is 2. The maximum absolute atomic E-state index is 13.0. The Bertz CT molecular complexity index is 1550. The van der Waals surface area contributed by atoms with Crippen LogP contribution in [-0.4, -0.2) is 35.5 Å². The summed E-state index contributed by atoms with van der Waals surface area (Å²) in [4.78, 5) is 34.2. The van der Waals surface area contributed by atoms with E-state index in [1.54, 1.807) is 29.5 Å². The SMILES string of the molecule is O=C1NC(=O)C(n2ccc3ccncc32)=C1c1cn(CCCn2ccnc2)c2ccccc12. The van der Waals surface area contributed by atoms with Crippen LogP contribution in [0.15, 0.2) is 79.9 Å². The second kappa shape index (κ2) is 7.59. The lowest BCUT2D eigenvalue weighted by atomic mass is 10.0. The molecule has 2 amide bonds. The molecule has 33 heavy (non-hydrogen) atoms. The fraction of sp³-hybridized carbons (Fsp3) is 0.120. The number of hydrogen-bond acceptors (Lipinski definition) is 4. The number of pyridine rings is 1. The third-order valence-corrected chi connectivity index (χ3v) is 6.07. The van der Waals surface area contributed by atoms with Gasteiger partial charge in [0.25, 0.3) is 11.8 Å². The van der Waals surface area contributed by atoms with E-state index in [0.717, 1.165) is 46.9 Å². The molecule has 162 valence electrons. The third-order valence-electron chi connectivity index (χ3n) is 6.07. The summed E-state index contributed by atoms with van der Waals surface area (Å²) in [6.07, 6.45) is 13.6. The van der Waals surface area contributed by atoms with Gasteiger partial charge in [0, 0.05) is 65.9 Å². The van der Waals surface area contributed by atoms with Crippen molar-refractivity contribution >= 4 is 44.9 Å². The van der Waals surface area contributed by atoms with Crippen molar-refractivity contribution in [2.24, 2.45) is 0 Å². The second-order valence-corrected chi connectivity index (χ2v) is 8.03. The van der Waals surface area contributed by atoms with Gasteiger partial charge in [0.05, 0.1) is 23.6 Å². The summed E-state index contributed by atoms with van der Waals surface area (Å²) in [7, 11) is 0. The Morgan fingerprint density at radius 3 is 2.67 bits per heavy atom.